The maximum Gasteiger partial charge on any atom is 0.257 e. The Morgan fingerprint density at radius 1 is 1.09 bits per heavy atom. The molecule has 1 atom stereocenters. The van der Waals surface area contributed by atoms with Crippen molar-refractivity contribution in [2.24, 2.45) is 0 Å². The molecule has 1 saturated heterocycles. The summed E-state index contributed by atoms with van der Waals surface area (Å²) in [6, 6.07) is 10.9. The summed E-state index contributed by atoms with van der Waals surface area (Å²) in [5.74, 6) is 1.26. The number of rotatable bonds is 5. The number of benzene rings is 1. The van der Waals surface area contributed by atoms with Crippen molar-refractivity contribution in [1.82, 2.24) is 24.4 Å². The number of carbonyl (C=O) groups is 2. The van der Waals surface area contributed by atoms with Gasteiger partial charge in [0.25, 0.3) is 5.91 Å². The molecule has 0 unspecified atom stereocenters. The normalized spacial score (nSPS) is 17.0. The van der Waals surface area contributed by atoms with Crippen LogP contribution in [0.15, 0.2) is 42.6 Å². The number of aromatic nitrogens is 3. The van der Waals surface area contributed by atoms with Gasteiger partial charge in [0.15, 0.2) is 11.5 Å². The van der Waals surface area contributed by atoms with Crippen LogP contribution in [-0.4, -0.2) is 69.0 Å². The number of nitrogens with zero attached hydrogens (tertiary/aromatic N) is 5. The number of anilines is 1. The van der Waals surface area contributed by atoms with Crippen LogP contribution >= 0.6 is 0 Å². The van der Waals surface area contributed by atoms with E-state index in [-0.39, 0.29) is 23.9 Å². The number of nitrogens with one attached hydrogen (secondary N) is 1. The minimum Gasteiger partial charge on any atom is -0.497 e. The molecule has 9 nitrogen and oxygen atoms in total. The molecule has 1 aliphatic rings. The third-order valence-corrected chi connectivity index (χ3v) is 5.87. The van der Waals surface area contributed by atoms with Gasteiger partial charge < -0.3 is 15.0 Å². The van der Waals surface area contributed by atoms with E-state index in [1.165, 1.54) is 0 Å². The molecule has 1 N–H and O–H groups in total. The van der Waals surface area contributed by atoms with Gasteiger partial charge in [0.05, 0.1) is 18.7 Å². The molecule has 1 aliphatic heterocycles. The average molecular weight is 437 g/mol. The predicted molar refractivity (Wildman–Crippen MR) is 121 cm³/mol. The minimum absolute atomic E-state index is 0.0479. The minimum atomic E-state index is -0.230. The number of methoxy groups -OCH3 is 1. The van der Waals surface area contributed by atoms with Gasteiger partial charge in [-0.15, -0.1) is 10.2 Å². The third kappa shape index (κ3) is 4.29. The van der Waals surface area contributed by atoms with Gasteiger partial charge in [-0.3, -0.25) is 18.9 Å². The first-order valence-electron chi connectivity index (χ1n) is 10.7. The van der Waals surface area contributed by atoms with E-state index in [0.717, 1.165) is 18.1 Å². The molecular formula is C23H28N6O3. The van der Waals surface area contributed by atoms with E-state index >= 15 is 0 Å². The Kier molecular flexibility index (Phi) is 6.09. The lowest BCUT2D eigenvalue weighted by Crippen LogP contribution is -2.52. The second kappa shape index (κ2) is 8.96. The number of pyridine rings is 1. The van der Waals surface area contributed by atoms with Crippen molar-refractivity contribution in [1.29, 1.82) is 0 Å². The first-order chi connectivity index (χ1) is 15.4. The van der Waals surface area contributed by atoms with Gasteiger partial charge in [0, 0.05) is 44.5 Å². The van der Waals surface area contributed by atoms with Crippen molar-refractivity contribution in [2.75, 3.05) is 32.1 Å². The Hall–Kier alpha value is -3.46. The number of hydrogen-bond donors (Lipinski definition) is 1. The Bertz CT molecular complexity index is 1120. The fraction of sp³-hybridized carbons (Fsp3) is 0.391. The van der Waals surface area contributed by atoms with Gasteiger partial charge in [-0.2, -0.15) is 0 Å². The first-order valence-corrected chi connectivity index (χ1v) is 10.7. The van der Waals surface area contributed by atoms with Gasteiger partial charge >= 0.3 is 0 Å². The summed E-state index contributed by atoms with van der Waals surface area (Å²) in [7, 11) is 1.60. The number of hydrogen-bond acceptors (Lipinski definition) is 6. The molecule has 0 bridgehead atoms. The SMILES string of the molecule is COc1ccc(NC(=O)c2ccc3nnc([C@@H]4CN(C(C)=O)CCN4C(C)C)n3c2)cc1. The molecule has 32 heavy (non-hydrogen) atoms. The molecule has 168 valence electrons. The topological polar surface area (TPSA) is 92.1 Å². The van der Waals surface area contributed by atoms with Crippen molar-refractivity contribution in [2.45, 2.75) is 32.9 Å². The molecule has 3 aromatic rings. The van der Waals surface area contributed by atoms with Crippen LogP contribution in [-0.2, 0) is 4.79 Å². The van der Waals surface area contributed by atoms with Gasteiger partial charge in [-0.1, -0.05) is 0 Å². The smallest absolute Gasteiger partial charge is 0.257 e. The van der Waals surface area contributed by atoms with Gasteiger partial charge in [0.1, 0.15) is 5.75 Å². The Morgan fingerprint density at radius 2 is 1.84 bits per heavy atom. The second-order valence-electron chi connectivity index (χ2n) is 8.20. The number of piperazine rings is 1. The van der Waals surface area contributed by atoms with Crippen LogP contribution in [0.25, 0.3) is 5.65 Å². The zero-order chi connectivity index (χ0) is 22.8. The molecule has 3 heterocycles. The van der Waals surface area contributed by atoms with E-state index in [2.05, 4.69) is 34.3 Å². The lowest BCUT2D eigenvalue weighted by Gasteiger charge is -2.42. The molecule has 1 fully saturated rings. The third-order valence-electron chi connectivity index (χ3n) is 5.87. The van der Waals surface area contributed by atoms with Crippen LogP contribution in [0.3, 0.4) is 0 Å². The monoisotopic (exact) mass is 436 g/mol. The van der Waals surface area contributed by atoms with Crippen molar-refractivity contribution >= 4 is 23.1 Å². The van der Waals surface area contributed by atoms with Crippen LogP contribution in [0.1, 0.15) is 43.0 Å². The van der Waals surface area contributed by atoms with E-state index in [1.54, 1.807) is 56.6 Å². The number of fused-ring (bicyclic) bond motifs is 1. The average Bonchev–Trinajstić information content (AvgIpc) is 3.22. The number of carbonyl (C=O) groups excluding carboxylic acids is 2. The highest BCUT2D eigenvalue weighted by Crippen LogP contribution is 2.27. The Morgan fingerprint density at radius 3 is 2.50 bits per heavy atom. The van der Waals surface area contributed by atoms with Crippen LogP contribution in [0.5, 0.6) is 5.75 Å². The molecule has 0 saturated carbocycles. The summed E-state index contributed by atoms with van der Waals surface area (Å²) in [6.45, 7) is 7.84. The highest BCUT2D eigenvalue weighted by atomic mass is 16.5. The van der Waals surface area contributed by atoms with Crippen molar-refractivity contribution < 1.29 is 14.3 Å². The first kappa shape index (κ1) is 21.8. The zero-order valence-electron chi connectivity index (χ0n) is 18.8. The highest BCUT2D eigenvalue weighted by molar-refractivity contribution is 6.04. The molecular weight excluding hydrogens is 408 g/mol. The second-order valence-corrected chi connectivity index (χ2v) is 8.20. The molecule has 9 heteroatoms. The summed E-state index contributed by atoms with van der Waals surface area (Å²) in [5, 5.41) is 11.6. The fourth-order valence-electron chi connectivity index (χ4n) is 4.08. The summed E-state index contributed by atoms with van der Waals surface area (Å²) >= 11 is 0. The Labute approximate surface area is 187 Å². The van der Waals surface area contributed by atoms with Crippen LogP contribution in [0, 0.1) is 0 Å². The van der Waals surface area contributed by atoms with Crippen LogP contribution in [0.4, 0.5) is 5.69 Å². The van der Waals surface area contributed by atoms with E-state index in [9.17, 15) is 9.59 Å². The van der Waals surface area contributed by atoms with Crippen molar-refractivity contribution in [3.8, 4) is 5.75 Å². The van der Waals surface area contributed by atoms with E-state index < -0.39 is 0 Å². The van der Waals surface area contributed by atoms with Crippen LogP contribution in [0.2, 0.25) is 0 Å². The van der Waals surface area contributed by atoms with Gasteiger partial charge in [-0.25, -0.2) is 0 Å². The molecule has 0 radical (unpaired) electrons. The van der Waals surface area contributed by atoms with E-state index in [1.807, 2.05) is 9.30 Å². The maximum atomic E-state index is 12.9. The zero-order valence-corrected chi connectivity index (χ0v) is 18.8. The molecule has 2 amide bonds. The lowest BCUT2D eigenvalue weighted by atomic mass is 10.1. The Balaban J connectivity index is 1.63. The molecule has 0 aliphatic carbocycles. The largest absolute Gasteiger partial charge is 0.497 e. The maximum absolute atomic E-state index is 12.9. The quantitative estimate of drug-likeness (QED) is 0.661. The fourth-order valence-corrected chi connectivity index (χ4v) is 4.08. The van der Waals surface area contributed by atoms with Gasteiger partial charge in [-0.05, 0) is 50.2 Å². The highest BCUT2D eigenvalue weighted by Gasteiger charge is 2.34. The summed E-state index contributed by atoms with van der Waals surface area (Å²) in [4.78, 5) is 29.0. The summed E-state index contributed by atoms with van der Waals surface area (Å²) in [5.41, 5.74) is 1.82. The predicted octanol–water partition coefficient (Wildman–Crippen LogP) is 2.60. The number of amides is 2. The van der Waals surface area contributed by atoms with Crippen molar-refractivity contribution in [3.05, 3.63) is 54.0 Å². The summed E-state index contributed by atoms with van der Waals surface area (Å²) < 4.78 is 7.01. The van der Waals surface area contributed by atoms with Gasteiger partial charge in [0.2, 0.25) is 5.91 Å². The van der Waals surface area contributed by atoms with Crippen LogP contribution < -0.4 is 10.1 Å². The standard InChI is InChI=1S/C23H28N6O3/c1-15(2)28-12-11-27(16(3)30)14-20(28)22-26-25-21-10-5-17(13-29(21)22)23(31)24-18-6-8-19(32-4)9-7-18/h5-10,13,15,20H,11-12,14H2,1-4H3,(H,24,31)/t20-/m0/s1. The van der Waals surface area contributed by atoms with E-state index in [4.69, 9.17) is 4.74 Å². The molecule has 0 spiro atoms. The van der Waals surface area contributed by atoms with Crippen molar-refractivity contribution in [3.63, 3.8) is 0 Å². The molecule has 4 rings (SSSR count). The summed E-state index contributed by atoms with van der Waals surface area (Å²) in [6.07, 6.45) is 1.76. The molecule has 1 aromatic carbocycles. The number of ether oxygens (including phenoxy) is 1. The lowest BCUT2D eigenvalue weighted by molar-refractivity contribution is -0.132. The van der Waals surface area contributed by atoms with E-state index in [0.29, 0.717) is 30.0 Å². The molecule has 2 aromatic heterocycles.